The van der Waals surface area contributed by atoms with Gasteiger partial charge < -0.3 is 23.9 Å². The molecule has 1 aromatic heterocycles. The molecule has 0 spiro atoms. The van der Waals surface area contributed by atoms with E-state index in [0.717, 1.165) is 0 Å². The predicted octanol–water partition coefficient (Wildman–Crippen LogP) is 2.54. The first-order valence-electron chi connectivity index (χ1n) is 7.50. The summed E-state index contributed by atoms with van der Waals surface area (Å²) >= 11 is 0. The van der Waals surface area contributed by atoms with Gasteiger partial charge in [-0.3, -0.25) is 4.79 Å². The van der Waals surface area contributed by atoms with Crippen LogP contribution in [0.25, 0.3) is 0 Å². The van der Waals surface area contributed by atoms with Gasteiger partial charge in [0.2, 0.25) is 0 Å². The van der Waals surface area contributed by atoms with Gasteiger partial charge in [-0.05, 0) is 32.0 Å². The van der Waals surface area contributed by atoms with Crippen molar-refractivity contribution in [2.45, 2.75) is 20.0 Å². The monoisotopic (exact) mass is 331 g/mol. The lowest BCUT2D eigenvalue weighted by Crippen LogP contribution is -2.30. The van der Waals surface area contributed by atoms with Crippen LogP contribution in [0.5, 0.6) is 11.5 Å². The Morgan fingerprint density at radius 3 is 2.62 bits per heavy atom. The van der Waals surface area contributed by atoms with Crippen molar-refractivity contribution >= 4 is 17.6 Å². The third-order valence-corrected chi connectivity index (χ3v) is 3.54. The van der Waals surface area contributed by atoms with Crippen LogP contribution in [0.4, 0.5) is 5.69 Å². The molecular weight excluding hydrogens is 314 g/mol. The summed E-state index contributed by atoms with van der Waals surface area (Å²) in [7, 11) is 0. The zero-order chi connectivity index (χ0) is 17.1. The van der Waals surface area contributed by atoms with Gasteiger partial charge in [-0.2, -0.15) is 0 Å². The summed E-state index contributed by atoms with van der Waals surface area (Å²) in [5.41, 5.74) is 0.834. The first-order chi connectivity index (χ1) is 11.5. The van der Waals surface area contributed by atoms with E-state index in [1.54, 1.807) is 25.1 Å². The number of benzene rings is 1. The maximum Gasteiger partial charge on any atom is 0.342 e. The third-order valence-electron chi connectivity index (χ3n) is 3.54. The molecule has 7 heteroatoms. The Balaban J connectivity index is 1.62. The van der Waals surface area contributed by atoms with Crippen LogP contribution in [0.3, 0.4) is 0 Å². The lowest BCUT2D eigenvalue weighted by atomic mass is 10.2. The van der Waals surface area contributed by atoms with E-state index in [0.29, 0.717) is 41.7 Å². The number of esters is 1. The van der Waals surface area contributed by atoms with E-state index in [4.69, 9.17) is 18.6 Å². The van der Waals surface area contributed by atoms with Gasteiger partial charge in [0, 0.05) is 11.8 Å². The number of rotatable bonds is 4. The van der Waals surface area contributed by atoms with Gasteiger partial charge in [0.05, 0.1) is 6.26 Å². The lowest BCUT2D eigenvalue weighted by Gasteiger charge is -2.19. The summed E-state index contributed by atoms with van der Waals surface area (Å²) in [6, 6.07) is 6.58. The molecule has 0 bridgehead atoms. The van der Waals surface area contributed by atoms with Gasteiger partial charge in [0.25, 0.3) is 5.91 Å². The summed E-state index contributed by atoms with van der Waals surface area (Å²) in [5, 5.41) is 2.68. The third kappa shape index (κ3) is 3.34. The van der Waals surface area contributed by atoms with E-state index in [2.05, 4.69) is 5.32 Å². The van der Waals surface area contributed by atoms with Gasteiger partial charge >= 0.3 is 5.97 Å². The minimum Gasteiger partial charge on any atom is -0.486 e. The highest BCUT2D eigenvalue weighted by atomic mass is 16.6. The number of hydrogen-bond acceptors (Lipinski definition) is 6. The number of nitrogens with one attached hydrogen (secondary N) is 1. The number of aryl methyl sites for hydroxylation is 1. The molecule has 0 saturated carbocycles. The molecule has 0 unspecified atom stereocenters. The fourth-order valence-corrected chi connectivity index (χ4v) is 2.24. The van der Waals surface area contributed by atoms with Crippen molar-refractivity contribution in [3.63, 3.8) is 0 Å². The van der Waals surface area contributed by atoms with Crippen molar-refractivity contribution in [3.05, 3.63) is 41.9 Å². The molecule has 2 aromatic rings. The Morgan fingerprint density at radius 2 is 1.92 bits per heavy atom. The Hall–Kier alpha value is -2.96. The molecule has 7 nitrogen and oxygen atoms in total. The molecule has 0 aliphatic carbocycles. The van der Waals surface area contributed by atoms with E-state index < -0.39 is 18.0 Å². The molecule has 1 aromatic carbocycles. The highest BCUT2D eigenvalue weighted by Crippen LogP contribution is 2.32. The average Bonchev–Trinajstić information content (AvgIpc) is 3.00. The Labute approximate surface area is 138 Å². The fraction of sp³-hybridized carbons (Fsp3) is 0.294. The van der Waals surface area contributed by atoms with Crippen molar-refractivity contribution in [3.8, 4) is 11.5 Å². The van der Waals surface area contributed by atoms with Crippen LogP contribution in [-0.2, 0) is 9.53 Å². The molecular formula is C17H17NO6. The highest BCUT2D eigenvalue weighted by Gasteiger charge is 2.22. The molecule has 3 rings (SSSR count). The minimum absolute atomic E-state index is 0.300. The fourth-order valence-electron chi connectivity index (χ4n) is 2.24. The van der Waals surface area contributed by atoms with Crippen LogP contribution >= 0.6 is 0 Å². The number of amides is 1. The van der Waals surface area contributed by atoms with Crippen molar-refractivity contribution < 1.29 is 28.2 Å². The van der Waals surface area contributed by atoms with Crippen molar-refractivity contribution in [2.24, 2.45) is 0 Å². The first kappa shape index (κ1) is 15.9. The highest BCUT2D eigenvalue weighted by molar-refractivity contribution is 5.97. The second-order valence-corrected chi connectivity index (χ2v) is 5.29. The SMILES string of the molecule is Cc1occc1C(=O)O[C@@H](C)C(=O)Nc1ccc2c(c1)OCCO2. The summed E-state index contributed by atoms with van der Waals surface area (Å²) in [6.07, 6.45) is 0.436. The predicted molar refractivity (Wildman–Crippen MR) is 84.4 cm³/mol. The number of fused-ring (bicyclic) bond motifs is 1. The molecule has 24 heavy (non-hydrogen) atoms. The molecule has 0 saturated heterocycles. The number of carbonyl (C=O) groups excluding carboxylic acids is 2. The molecule has 2 heterocycles. The van der Waals surface area contributed by atoms with Gasteiger partial charge in [-0.15, -0.1) is 0 Å². The molecule has 1 aliphatic rings. The van der Waals surface area contributed by atoms with E-state index in [1.807, 2.05) is 0 Å². The summed E-state index contributed by atoms with van der Waals surface area (Å²) in [4.78, 5) is 24.2. The minimum atomic E-state index is -0.958. The van der Waals surface area contributed by atoms with Crippen LogP contribution in [0.2, 0.25) is 0 Å². The number of carbonyl (C=O) groups is 2. The average molecular weight is 331 g/mol. The zero-order valence-corrected chi connectivity index (χ0v) is 13.3. The molecule has 1 atom stereocenters. The lowest BCUT2D eigenvalue weighted by molar-refractivity contribution is -0.123. The Morgan fingerprint density at radius 1 is 1.17 bits per heavy atom. The maximum atomic E-state index is 12.2. The van der Waals surface area contributed by atoms with E-state index >= 15 is 0 Å². The Kier molecular flexibility index (Phi) is 4.41. The van der Waals surface area contributed by atoms with Crippen LogP contribution in [-0.4, -0.2) is 31.2 Å². The molecule has 0 fully saturated rings. The van der Waals surface area contributed by atoms with Crippen molar-refractivity contribution in [2.75, 3.05) is 18.5 Å². The summed E-state index contributed by atoms with van der Waals surface area (Å²) in [6.45, 7) is 4.11. The van der Waals surface area contributed by atoms with Crippen LogP contribution in [0, 0.1) is 6.92 Å². The van der Waals surface area contributed by atoms with Crippen LogP contribution in [0.15, 0.2) is 34.9 Å². The van der Waals surface area contributed by atoms with E-state index in [9.17, 15) is 9.59 Å². The van der Waals surface area contributed by atoms with Crippen LogP contribution in [0.1, 0.15) is 23.0 Å². The standard InChI is InChI=1S/C17H17NO6/c1-10-13(5-6-21-10)17(20)24-11(2)16(19)18-12-3-4-14-15(9-12)23-8-7-22-14/h3-6,9,11H,7-8H2,1-2H3,(H,18,19)/t11-/m0/s1. The first-order valence-corrected chi connectivity index (χ1v) is 7.50. The molecule has 1 N–H and O–H groups in total. The maximum absolute atomic E-state index is 12.2. The van der Waals surface area contributed by atoms with Gasteiger partial charge in [-0.1, -0.05) is 0 Å². The topological polar surface area (TPSA) is 87.0 Å². The van der Waals surface area contributed by atoms with Crippen molar-refractivity contribution in [1.82, 2.24) is 0 Å². The summed E-state index contributed by atoms with van der Waals surface area (Å²) in [5.74, 6) is 0.596. The quantitative estimate of drug-likeness (QED) is 0.866. The molecule has 1 aliphatic heterocycles. The number of furan rings is 1. The molecule has 126 valence electrons. The van der Waals surface area contributed by atoms with Gasteiger partial charge in [0.1, 0.15) is 24.5 Å². The molecule has 1 amide bonds. The zero-order valence-electron chi connectivity index (χ0n) is 13.3. The smallest absolute Gasteiger partial charge is 0.342 e. The molecule has 0 radical (unpaired) electrons. The van der Waals surface area contributed by atoms with Crippen molar-refractivity contribution in [1.29, 1.82) is 0 Å². The van der Waals surface area contributed by atoms with Crippen LogP contribution < -0.4 is 14.8 Å². The van der Waals surface area contributed by atoms with Gasteiger partial charge in [0.15, 0.2) is 17.6 Å². The second-order valence-electron chi connectivity index (χ2n) is 5.29. The number of ether oxygens (including phenoxy) is 3. The van der Waals surface area contributed by atoms with Gasteiger partial charge in [-0.25, -0.2) is 4.79 Å². The normalized spacial score (nSPS) is 13.9. The second kappa shape index (κ2) is 6.66. The van der Waals surface area contributed by atoms with E-state index in [-0.39, 0.29) is 0 Å². The number of hydrogen-bond donors (Lipinski definition) is 1. The number of anilines is 1. The van der Waals surface area contributed by atoms with E-state index in [1.165, 1.54) is 19.3 Å². The Bertz CT molecular complexity index is 766. The largest absolute Gasteiger partial charge is 0.486 e. The summed E-state index contributed by atoms with van der Waals surface area (Å²) < 4.78 is 21.1.